The molecule has 20 heavy (non-hydrogen) atoms. The molecule has 0 saturated heterocycles. The number of halogens is 1. The third-order valence-electron chi connectivity index (χ3n) is 3.05. The maximum atomic E-state index is 6.09. The Morgan fingerprint density at radius 3 is 2.60 bits per heavy atom. The van der Waals surface area contributed by atoms with Gasteiger partial charge in [0, 0.05) is 10.4 Å². The van der Waals surface area contributed by atoms with Gasteiger partial charge in [0.15, 0.2) is 0 Å². The van der Waals surface area contributed by atoms with Crippen molar-refractivity contribution in [3.63, 3.8) is 0 Å². The molecule has 102 valence electrons. The first-order valence-electron chi connectivity index (χ1n) is 6.35. The summed E-state index contributed by atoms with van der Waals surface area (Å²) in [5.74, 6) is 1.46. The molecular weight excluding hydrogens is 274 g/mol. The van der Waals surface area contributed by atoms with Gasteiger partial charge in [0.1, 0.15) is 23.7 Å². The van der Waals surface area contributed by atoms with E-state index in [1.54, 1.807) is 12.1 Å². The second-order valence-electron chi connectivity index (χ2n) is 4.56. The molecule has 3 rings (SSSR count). The Labute approximate surface area is 121 Å². The smallest absolute Gasteiger partial charge is 0.134 e. The number of rotatable bonds is 4. The van der Waals surface area contributed by atoms with E-state index in [0.717, 1.165) is 22.5 Å². The average Bonchev–Trinajstić information content (AvgIpc) is 2.90. The van der Waals surface area contributed by atoms with Gasteiger partial charge < -0.3 is 14.9 Å². The topological polar surface area (TPSA) is 48.4 Å². The van der Waals surface area contributed by atoms with Gasteiger partial charge in [0.05, 0.1) is 6.04 Å². The monoisotopic (exact) mass is 287 g/mol. The second kappa shape index (κ2) is 5.57. The van der Waals surface area contributed by atoms with Crippen molar-refractivity contribution < 1.29 is 9.15 Å². The minimum atomic E-state index is -0.307. The first-order valence-corrected chi connectivity index (χ1v) is 6.72. The molecule has 0 spiro atoms. The predicted molar refractivity (Wildman–Crippen MR) is 80.1 cm³/mol. The van der Waals surface area contributed by atoms with Gasteiger partial charge >= 0.3 is 0 Å². The molecule has 0 aliphatic carbocycles. The highest BCUT2D eigenvalue weighted by molar-refractivity contribution is 6.30. The van der Waals surface area contributed by atoms with Crippen molar-refractivity contribution in [3.05, 3.63) is 65.4 Å². The normalized spacial score (nSPS) is 12.5. The Morgan fingerprint density at radius 2 is 1.85 bits per heavy atom. The maximum absolute atomic E-state index is 6.09. The number of fused-ring (bicyclic) bond motifs is 1. The largest absolute Gasteiger partial charge is 0.491 e. The maximum Gasteiger partial charge on any atom is 0.134 e. The van der Waals surface area contributed by atoms with E-state index in [4.69, 9.17) is 26.5 Å². The molecule has 3 aromatic rings. The lowest BCUT2D eigenvalue weighted by Crippen LogP contribution is -2.18. The van der Waals surface area contributed by atoms with Gasteiger partial charge in [-0.1, -0.05) is 29.8 Å². The number of benzene rings is 2. The van der Waals surface area contributed by atoms with Crippen LogP contribution in [0.25, 0.3) is 11.0 Å². The third kappa shape index (κ3) is 2.79. The minimum absolute atomic E-state index is 0.307. The van der Waals surface area contributed by atoms with E-state index in [1.807, 2.05) is 42.5 Å². The first-order chi connectivity index (χ1) is 9.72. The summed E-state index contributed by atoms with van der Waals surface area (Å²) >= 11 is 5.82. The molecule has 2 aromatic carbocycles. The average molecular weight is 288 g/mol. The van der Waals surface area contributed by atoms with Crippen LogP contribution in [0.1, 0.15) is 11.8 Å². The van der Waals surface area contributed by atoms with Gasteiger partial charge in [-0.2, -0.15) is 0 Å². The number of hydrogen-bond donors (Lipinski definition) is 1. The number of ether oxygens (including phenoxy) is 1. The molecule has 1 heterocycles. The zero-order valence-electron chi connectivity index (χ0n) is 10.8. The van der Waals surface area contributed by atoms with Crippen LogP contribution >= 0.6 is 11.6 Å². The van der Waals surface area contributed by atoms with E-state index in [0.29, 0.717) is 11.6 Å². The Bertz CT molecular complexity index is 673. The number of nitrogens with two attached hydrogens (primary N) is 1. The second-order valence-corrected chi connectivity index (χ2v) is 4.99. The predicted octanol–water partition coefficient (Wildman–Crippen LogP) is 4.17. The highest BCUT2D eigenvalue weighted by Gasteiger charge is 2.12. The quantitative estimate of drug-likeness (QED) is 0.783. The minimum Gasteiger partial charge on any atom is -0.491 e. The Kier molecular flexibility index (Phi) is 3.63. The summed E-state index contributed by atoms with van der Waals surface area (Å²) in [7, 11) is 0. The first kappa shape index (κ1) is 13.0. The van der Waals surface area contributed by atoms with E-state index in [2.05, 4.69) is 0 Å². The lowest BCUT2D eigenvalue weighted by atomic mass is 10.2. The van der Waals surface area contributed by atoms with E-state index < -0.39 is 0 Å². The molecule has 0 bridgehead atoms. The van der Waals surface area contributed by atoms with Gasteiger partial charge in [-0.15, -0.1) is 0 Å². The zero-order chi connectivity index (χ0) is 13.9. The molecule has 4 heteroatoms. The zero-order valence-corrected chi connectivity index (χ0v) is 11.5. The van der Waals surface area contributed by atoms with Gasteiger partial charge in [-0.25, -0.2) is 0 Å². The highest BCUT2D eigenvalue weighted by atomic mass is 35.5. The van der Waals surface area contributed by atoms with Crippen LogP contribution in [0.15, 0.2) is 59.0 Å². The van der Waals surface area contributed by atoms with Crippen molar-refractivity contribution in [1.29, 1.82) is 0 Å². The van der Waals surface area contributed by atoms with Crippen LogP contribution in [0.3, 0.4) is 0 Å². The molecule has 1 aromatic heterocycles. The van der Waals surface area contributed by atoms with Crippen molar-refractivity contribution in [2.45, 2.75) is 6.04 Å². The van der Waals surface area contributed by atoms with Gasteiger partial charge in [-0.3, -0.25) is 0 Å². The van der Waals surface area contributed by atoms with Crippen LogP contribution in [0.2, 0.25) is 5.02 Å². The molecule has 0 saturated carbocycles. The number of para-hydroxylation sites is 1. The van der Waals surface area contributed by atoms with Crippen molar-refractivity contribution in [3.8, 4) is 5.75 Å². The molecular formula is C16H14ClNO2. The van der Waals surface area contributed by atoms with Crippen molar-refractivity contribution in [2.75, 3.05) is 6.61 Å². The van der Waals surface area contributed by atoms with Crippen molar-refractivity contribution in [2.24, 2.45) is 5.73 Å². The van der Waals surface area contributed by atoms with E-state index >= 15 is 0 Å². The van der Waals surface area contributed by atoms with Crippen LogP contribution in [0.5, 0.6) is 5.75 Å². The molecule has 0 aliphatic rings. The summed E-state index contributed by atoms with van der Waals surface area (Å²) in [5, 5.41) is 1.73. The standard InChI is InChI=1S/C16H14ClNO2/c17-12-5-7-13(8-6-12)19-10-14(18)16-9-11-3-1-2-4-15(11)20-16/h1-9,14H,10,18H2. The molecule has 1 atom stereocenters. The third-order valence-corrected chi connectivity index (χ3v) is 3.31. The summed E-state index contributed by atoms with van der Waals surface area (Å²) in [6.07, 6.45) is 0. The fraction of sp³-hybridized carbons (Fsp3) is 0.125. The number of hydrogen-bond acceptors (Lipinski definition) is 3. The van der Waals surface area contributed by atoms with Gasteiger partial charge in [0.25, 0.3) is 0 Å². The van der Waals surface area contributed by atoms with Crippen molar-refractivity contribution >= 4 is 22.6 Å². The van der Waals surface area contributed by atoms with Crippen LogP contribution in [0.4, 0.5) is 0 Å². The molecule has 0 fully saturated rings. The summed E-state index contributed by atoms with van der Waals surface area (Å²) < 4.78 is 11.3. The SMILES string of the molecule is NC(COc1ccc(Cl)cc1)c1cc2ccccc2o1. The molecule has 1 unspecified atom stereocenters. The van der Waals surface area contributed by atoms with Crippen LogP contribution in [-0.4, -0.2) is 6.61 Å². The molecule has 2 N–H and O–H groups in total. The van der Waals surface area contributed by atoms with E-state index in [-0.39, 0.29) is 6.04 Å². The fourth-order valence-corrected chi connectivity index (χ4v) is 2.11. The highest BCUT2D eigenvalue weighted by Crippen LogP contribution is 2.23. The molecule has 0 radical (unpaired) electrons. The summed E-state index contributed by atoms with van der Waals surface area (Å²) in [4.78, 5) is 0. The number of furan rings is 1. The lowest BCUT2D eigenvalue weighted by molar-refractivity contribution is 0.275. The van der Waals surface area contributed by atoms with E-state index in [1.165, 1.54) is 0 Å². The fourth-order valence-electron chi connectivity index (χ4n) is 1.98. The Balaban J connectivity index is 1.69. The molecule has 0 aliphatic heterocycles. The molecule has 3 nitrogen and oxygen atoms in total. The van der Waals surface area contributed by atoms with Crippen LogP contribution in [-0.2, 0) is 0 Å². The van der Waals surface area contributed by atoms with Crippen LogP contribution in [0, 0.1) is 0 Å². The van der Waals surface area contributed by atoms with Crippen LogP contribution < -0.4 is 10.5 Å². The summed E-state index contributed by atoms with van der Waals surface area (Å²) in [6, 6.07) is 16.7. The Hall–Kier alpha value is -1.97. The van der Waals surface area contributed by atoms with Gasteiger partial charge in [0.2, 0.25) is 0 Å². The Morgan fingerprint density at radius 1 is 1.10 bits per heavy atom. The summed E-state index contributed by atoms with van der Waals surface area (Å²) in [6.45, 7) is 0.349. The van der Waals surface area contributed by atoms with E-state index in [9.17, 15) is 0 Å². The lowest BCUT2D eigenvalue weighted by Gasteiger charge is -2.10. The van der Waals surface area contributed by atoms with Gasteiger partial charge in [-0.05, 0) is 36.4 Å². The molecule has 0 amide bonds. The van der Waals surface area contributed by atoms with Crippen molar-refractivity contribution in [1.82, 2.24) is 0 Å². The summed E-state index contributed by atoms with van der Waals surface area (Å²) in [5.41, 5.74) is 6.93.